The minimum atomic E-state index is -0.0623. The third-order valence-electron chi connectivity index (χ3n) is 3.25. The highest BCUT2D eigenvalue weighted by atomic mass is 35.5. The fourth-order valence-electron chi connectivity index (χ4n) is 2.04. The average Bonchev–Trinajstić information content (AvgIpc) is 2.51. The molecule has 2 aromatic rings. The molecule has 5 heteroatoms. The zero-order valence-electron chi connectivity index (χ0n) is 12.7. The van der Waals surface area contributed by atoms with E-state index in [2.05, 4.69) is 10.6 Å². The number of methoxy groups -OCH3 is 1. The normalized spacial score (nSPS) is 10.1. The molecule has 0 atom stereocenters. The van der Waals surface area contributed by atoms with Gasteiger partial charge in [0.15, 0.2) is 0 Å². The highest BCUT2D eigenvalue weighted by molar-refractivity contribution is 6.31. The van der Waals surface area contributed by atoms with Gasteiger partial charge in [-0.25, -0.2) is 0 Å². The number of amides is 1. The first kappa shape index (κ1) is 16.2. The van der Waals surface area contributed by atoms with Gasteiger partial charge in [0.05, 0.1) is 12.8 Å². The van der Waals surface area contributed by atoms with Crippen LogP contribution in [-0.4, -0.2) is 19.6 Å². The number of ether oxygens (including phenoxy) is 1. The molecule has 0 spiro atoms. The van der Waals surface area contributed by atoms with Gasteiger partial charge >= 0.3 is 0 Å². The van der Waals surface area contributed by atoms with Crippen LogP contribution < -0.4 is 15.4 Å². The lowest BCUT2D eigenvalue weighted by Gasteiger charge is -2.12. The number of hydrogen-bond donors (Lipinski definition) is 2. The van der Waals surface area contributed by atoms with Crippen LogP contribution in [0.2, 0.25) is 5.02 Å². The molecule has 1 amide bonds. The van der Waals surface area contributed by atoms with Crippen molar-refractivity contribution in [3.63, 3.8) is 0 Å². The van der Waals surface area contributed by atoms with E-state index in [1.807, 2.05) is 37.3 Å². The monoisotopic (exact) mass is 318 g/mol. The molecule has 22 heavy (non-hydrogen) atoms. The second-order valence-corrected chi connectivity index (χ2v) is 5.32. The lowest BCUT2D eigenvalue weighted by molar-refractivity contribution is -0.115. The molecular weight excluding hydrogens is 300 g/mol. The molecule has 0 aliphatic carbocycles. The Hall–Kier alpha value is -2.20. The Bertz CT molecular complexity index is 659. The molecule has 0 saturated carbocycles. The summed E-state index contributed by atoms with van der Waals surface area (Å²) in [7, 11) is 1.62. The fraction of sp³-hybridized carbons (Fsp3) is 0.235. The first-order chi connectivity index (χ1) is 10.6. The molecule has 0 fully saturated rings. The highest BCUT2D eigenvalue weighted by Crippen LogP contribution is 2.23. The number of halogens is 1. The first-order valence-electron chi connectivity index (χ1n) is 7.03. The van der Waals surface area contributed by atoms with Crippen molar-refractivity contribution in [2.75, 3.05) is 24.3 Å². The van der Waals surface area contributed by atoms with Gasteiger partial charge in [-0.05, 0) is 36.8 Å². The van der Waals surface area contributed by atoms with Gasteiger partial charge in [0.2, 0.25) is 5.91 Å². The van der Waals surface area contributed by atoms with Crippen LogP contribution in [0.5, 0.6) is 5.75 Å². The molecule has 2 aromatic carbocycles. The fourth-order valence-corrected chi connectivity index (χ4v) is 2.22. The van der Waals surface area contributed by atoms with Crippen molar-refractivity contribution in [1.29, 1.82) is 0 Å². The lowest BCUT2D eigenvalue weighted by atomic mass is 10.2. The third kappa shape index (κ3) is 4.40. The van der Waals surface area contributed by atoms with E-state index < -0.39 is 0 Å². The predicted octanol–water partition coefficient (Wildman–Crippen LogP) is 4.10. The van der Waals surface area contributed by atoms with Gasteiger partial charge in [-0.15, -0.1) is 0 Å². The largest absolute Gasteiger partial charge is 0.495 e. The van der Waals surface area contributed by atoms with Crippen LogP contribution in [0.1, 0.15) is 12.0 Å². The van der Waals surface area contributed by atoms with Gasteiger partial charge in [-0.1, -0.05) is 29.8 Å². The summed E-state index contributed by atoms with van der Waals surface area (Å²) in [6.45, 7) is 2.45. The highest BCUT2D eigenvalue weighted by Gasteiger charge is 2.06. The zero-order chi connectivity index (χ0) is 15.9. The molecule has 116 valence electrons. The summed E-state index contributed by atoms with van der Waals surface area (Å²) >= 11 is 5.94. The molecule has 0 bridgehead atoms. The Morgan fingerprint density at radius 1 is 1.18 bits per heavy atom. The van der Waals surface area contributed by atoms with E-state index in [-0.39, 0.29) is 5.91 Å². The topological polar surface area (TPSA) is 50.4 Å². The molecule has 0 saturated heterocycles. The van der Waals surface area contributed by atoms with E-state index in [1.54, 1.807) is 19.2 Å². The summed E-state index contributed by atoms with van der Waals surface area (Å²) in [5.41, 5.74) is 2.60. The standard InChI is InChI=1S/C17H19ClN2O2/c1-12-7-8-13(18)11-15(12)20-17(21)9-10-19-14-5-3-4-6-16(14)22-2/h3-8,11,19H,9-10H2,1-2H3,(H,20,21). The quantitative estimate of drug-likeness (QED) is 0.843. The number of rotatable bonds is 6. The minimum Gasteiger partial charge on any atom is -0.495 e. The Labute approximate surface area is 135 Å². The molecule has 2 N–H and O–H groups in total. The van der Waals surface area contributed by atoms with Gasteiger partial charge in [-0.2, -0.15) is 0 Å². The van der Waals surface area contributed by atoms with E-state index in [9.17, 15) is 4.79 Å². The van der Waals surface area contributed by atoms with Gasteiger partial charge in [0.25, 0.3) is 0 Å². The number of hydrogen-bond acceptors (Lipinski definition) is 3. The lowest BCUT2D eigenvalue weighted by Crippen LogP contribution is -2.17. The van der Waals surface area contributed by atoms with Crippen LogP contribution in [0, 0.1) is 6.92 Å². The van der Waals surface area contributed by atoms with Crippen molar-refractivity contribution < 1.29 is 9.53 Å². The van der Waals surface area contributed by atoms with Crippen LogP contribution in [-0.2, 0) is 4.79 Å². The van der Waals surface area contributed by atoms with Gasteiger partial charge in [0, 0.05) is 23.7 Å². The maximum absolute atomic E-state index is 12.0. The van der Waals surface area contributed by atoms with Crippen molar-refractivity contribution in [1.82, 2.24) is 0 Å². The number of benzene rings is 2. The number of anilines is 2. The summed E-state index contributed by atoms with van der Waals surface area (Å²) in [6.07, 6.45) is 0.351. The molecule has 0 aliphatic rings. The molecular formula is C17H19ClN2O2. The zero-order valence-corrected chi connectivity index (χ0v) is 13.4. The molecule has 0 aromatic heterocycles. The van der Waals surface area contributed by atoms with Gasteiger partial charge in [0.1, 0.15) is 5.75 Å². The average molecular weight is 319 g/mol. The van der Waals surface area contributed by atoms with Crippen LogP contribution in [0.25, 0.3) is 0 Å². The Kier molecular flexibility index (Phi) is 5.67. The number of carbonyl (C=O) groups excluding carboxylic acids is 1. The smallest absolute Gasteiger partial charge is 0.226 e. The van der Waals surface area contributed by atoms with Crippen molar-refractivity contribution in [2.24, 2.45) is 0 Å². The Morgan fingerprint density at radius 2 is 1.95 bits per heavy atom. The third-order valence-corrected chi connectivity index (χ3v) is 3.48. The summed E-state index contributed by atoms with van der Waals surface area (Å²) < 4.78 is 5.25. The molecule has 0 heterocycles. The summed E-state index contributed by atoms with van der Waals surface area (Å²) in [4.78, 5) is 12.0. The minimum absolute atomic E-state index is 0.0623. The summed E-state index contributed by atoms with van der Waals surface area (Å²) in [6, 6.07) is 13.0. The van der Waals surface area contributed by atoms with Crippen LogP contribution >= 0.6 is 11.6 Å². The van der Waals surface area contributed by atoms with E-state index in [0.29, 0.717) is 18.0 Å². The molecule has 0 radical (unpaired) electrons. The summed E-state index contributed by atoms with van der Waals surface area (Å²) in [5, 5.41) is 6.67. The number of aryl methyl sites for hydroxylation is 1. The molecule has 0 unspecified atom stereocenters. The maximum atomic E-state index is 12.0. The Morgan fingerprint density at radius 3 is 2.73 bits per heavy atom. The second kappa shape index (κ2) is 7.71. The van der Waals surface area contributed by atoms with Gasteiger partial charge < -0.3 is 15.4 Å². The van der Waals surface area contributed by atoms with E-state index >= 15 is 0 Å². The number of carbonyl (C=O) groups is 1. The second-order valence-electron chi connectivity index (χ2n) is 4.88. The molecule has 4 nitrogen and oxygen atoms in total. The van der Waals surface area contributed by atoms with Crippen LogP contribution in [0.15, 0.2) is 42.5 Å². The first-order valence-corrected chi connectivity index (χ1v) is 7.41. The van der Waals surface area contributed by atoms with Crippen molar-refractivity contribution in [2.45, 2.75) is 13.3 Å². The predicted molar refractivity (Wildman–Crippen MR) is 90.9 cm³/mol. The summed E-state index contributed by atoms with van der Waals surface area (Å²) in [5.74, 6) is 0.696. The number of para-hydroxylation sites is 2. The van der Waals surface area contributed by atoms with Crippen molar-refractivity contribution in [3.8, 4) is 5.75 Å². The maximum Gasteiger partial charge on any atom is 0.226 e. The Balaban J connectivity index is 1.87. The van der Waals surface area contributed by atoms with E-state index in [4.69, 9.17) is 16.3 Å². The SMILES string of the molecule is COc1ccccc1NCCC(=O)Nc1cc(Cl)ccc1C. The number of nitrogens with one attached hydrogen (secondary N) is 2. The molecule has 2 rings (SSSR count). The van der Waals surface area contributed by atoms with Crippen molar-refractivity contribution >= 4 is 28.9 Å². The van der Waals surface area contributed by atoms with E-state index in [1.165, 1.54) is 0 Å². The van der Waals surface area contributed by atoms with Crippen LogP contribution in [0.4, 0.5) is 11.4 Å². The van der Waals surface area contributed by atoms with Gasteiger partial charge in [-0.3, -0.25) is 4.79 Å². The van der Waals surface area contributed by atoms with Crippen molar-refractivity contribution in [3.05, 3.63) is 53.1 Å². The van der Waals surface area contributed by atoms with E-state index in [0.717, 1.165) is 22.7 Å². The molecule has 0 aliphatic heterocycles. The van der Waals surface area contributed by atoms with Crippen LogP contribution in [0.3, 0.4) is 0 Å².